The minimum absolute atomic E-state index is 0.169. The van der Waals surface area contributed by atoms with Crippen LogP contribution in [0.1, 0.15) is 32.8 Å². The van der Waals surface area contributed by atoms with Crippen molar-refractivity contribution in [2.75, 3.05) is 0 Å². The predicted octanol–water partition coefficient (Wildman–Crippen LogP) is 3.12. The van der Waals surface area contributed by atoms with Gasteiger partial charge in [0, 0.05) is 24.5 Å². The summed E-state index contributed by atoms with van der Waals surface area (Å²) >= 11 is 0. The average molecular weight is 325 g/mol. The van der Waals surface area contributed by atoms with Gasteiger partial charge in [0.15, 0.2) is 0 Å². The molecule has 7 heteroatoms. The number of hydrogen-bond donors (Lipinski definition) is 0. The molecule has 0 bridgehead atoms. The Morgan fingerprint density at radius 3 is 3.00 bits per heavy atom. The first-order chi connectivity index (χ1) is 11.5. The molecule has 0 atom stereocenters. The van der Waals surface area contributed by atoms with E-state index in [0.29, 0.717) is 23.3 Å². The van der Waals surface area contributed by atoms with Crippen molar-refractivity contribution in [3.8, 4) is 28.9 Å². The second-order valence-electron chi connectivity index (χ2n) is 6.53. The number of fused-ring (bicyclic) bond motifs is 1. The number of rotatable bonds is 3. The Labute approximate surface area is 139 Å². The lowest BCUT2D eigenvalue weighted by Crippen LogP contribution is -2.33. The largest absolute Gasteiger partial charge is 0.471 e. The molecule has 0 saturated heterocycles. The van der Waals surface area contributed by atoms with Crippen LogP contribution in [0.25, 0.3) is 23.0 Å². The summed E-state index contributed by atoms with van der Waals surface area (Å²) < 4.78 is 13.1. The monoisotopic (exact) mass is 325 g/mol. The van der Waals surface area contributed by atoms with Crippen molar-refractivity contribution in [2.24, 2.45) is 0 Å². The number of hydrogen-bond acceptors (Lipinski definition) is 6. The average Bonchev–Trinajstić information content (AvgIpc) is 3.22. The molecule has 0 radical (unpaired) electrons. The molecule has 0 fully saturated rings. The van der Waals surface area contributed by atoms with Crippen LogP contribution in [-0.4, -0.2) is 30.5 Å². The summed E-state index contributed by atoms with van der Waals surface area (Å²) in [6.07, 6.45) is 5.48. The van der Waals surface area contributed by atoms with Crippen LogP contribution in [0.5, 0.6) is 5.88 Å². The van der Waals surface area contributed by atoms with Gasteiger partial charge in [-0.25, -0.2) is 4.98 Å². The van der Waals surface area contributed by atoms with E-state index in [0.717, 1.165) is 30.5 Å². The van der Waals surface area contributed by atoms with E-state index >= 15 is 0 Å². The second-order valence-corrected chi connectivity index (χ2v) is 6.53. The number of aryl methyl sites for hydroxylation is 2. The highest BCUT2D eigenvalue weighted by Gasteiger charge is 2.28. The van der Waals surface area contributed by atoms with Gasteiger partial charge >= 0.3 is 0 Å². The van der Waals surface area contributed by atoms with Gasteiger partial charge in [-0.3, -0.25) is 4.68 Å². The first-order valence-corrected chi connectivity index (χ1v) is 8.10. The lowest BCUT2D eigenvalue weighted by atomic mass is 9.95. The molecule has 0 spiro atoms. The molecule has 0 amide bonds. The van der Waals surface area contributed by atoms with Gasteiger partial charge in [0.2, 0.25) is 11.7 Å². The minimum Gasteiger partial charge on any atom is -0.471 e. The molecular formula is C17H19N5O2. The quantitative estimate of drug-likeness (QED) is 0.736. The predicted molar refractivity (Wildman–Crippen MR) is 87.5 cm³/mol. The Morgan fingerprint density at radius 2 is 2.21 bits per heavy atom. The Bertz CT molecular complexity index is 881. The van der Waals surface area contributed by atoms with Crippen LogP contribution < -0.4 is 4.74 Å². The zero-order chi connectivity index (χ0) is 16.7. The molecule has 0 unspecified atom stereocenters. The van der Waals surface area contributed by atoms with Crippen molar-refractivity contribution < 1.29 is 9.26 Å². The number of aromatic nitrogens is 5. The molecule has 3 aromatic rings. The Hall–Kier alpha value is -2.70. The van der Waals surface area contributed by atoms with E-state index in [4.69, 9.17) is 9.26 Å². The smallest absolute Gasteiger partial charge is 0.259 e. The van der Waals surface area contributed by atoms with E-state index in [1.807, 2.05) is 29.9 Å². The number of ether oxygens (including phenoxy) is 1. The van der Waals surface area contributed by atoms with Crippen molar-refractivity contribution in [1.82, 2.24) is 24.9 Å². The summed E-state index contributed by atoms with van der Waals surface area (Å²) in [4.78, 5) is 8.86. The maximum absolute atomic E-state index is 5.91. The maximum Gasteiger partial charge on any atom is 0.259 e. The van der Waals surface area contributed by atoms with Crippen LogP contribution in [-0.2, 0) is 13.0 Å². The van der Waals surface area contributed by atoms with Gasteiger partial charge in [0.05, 0.1) is 5.56 Å². The minimum atomic E-state index is -0.169. The molecule has 124 valence electrons. The molecule has 4 rings (SSSR count). The van der Waals surface area contributed by atoms with Gasteiger partial charge in [-0.15, -0.1) is 0 Å². The van der Waals surface area contributed by atoms with Crippen LogP contribution >= 0.6 is 0 Å². The van der Waals surface area contributed by atoms with Crippen molar-refractivity contribution >= 4 is 0 Å². The van der Waals surface area contributed by atoms with E-state index in [1.165, 1.54) is 0 Å². The highest BCUT2D eigenvalue weighted by atomic mass is 16.5. The Morgan fingerprint density at radius 1 is 1.33 bits per heavy atom. The molecule has 0 aliphatic carbocycles. The molecule has 0 aromatic carbocycles. The summed E-state index contributed by atoms with van der Waals surface area (Å²) in [6.45, 7) is 6.98. The van der Waals surface area contributed by atoms with Crippen LogP contribution in [0.15, 0.2) is 29.0 Å². The van der Waals surface area contributed by atoms with Crippen molar-refractivity contribution in [3.05, 3.63) is 30.1 Å². The van der Waals surface area contributed by atoms with Crippen molar-refractivity contribution in [3.63, 3.8) is 0 Å². The van der Waals surface area contributed by atoms with Gasteiger partial charge in [-0.05, 0) is 45.7 Å². The SMILES string of the molecule is CCn1ccc(-c2noc(-c3cnc4c(c3)CCC(C)(C)O4)n2)n1. The van der Waals surface area contributed by atoms with Gasteiger partial charge in [0.25, 0.3) is 5.89 Å². The molecular weight excluding hydrogens is 306 g/mol. The van der Waals surface area contributed by atoms with Crippen LogP contribution in [0.3, 0.4) is 0 Å². The highest BCUT2D eigenvalue weighted by Crippen LogP contribution is 2.33. The van der Waals surface area contributed by atoms with Gasteiger partial charge in [-0.2, -0.15) is 10.1 Å². The zero-order valence-electron chi connectivity index (χ0n) is 14.0. The first kappa shape index (κ1) is 14.9. The normalized spacial score (nSPS) is 15.8. The lowest BCUT2D eigenvalue weighted by Gasteiger charge is -2.31. The third kappa shape index (κ3) is 2.66. The Balaban J connectivity index is 1.63. The summed E-state index contributed by atoms with van der Waals surface area (Å²) in [5.41, 5.74) is 2.40. The van der Waals surface area contributed by atoms with Crippen LogP contribution in [0.4, 0.5) is 0 Å². The summed E-state index contributed by atoms with van der Waals surface area (Å²) in [5, 5.41) is 8.41. The highest BCUT2D eigenvalue weighted by molar-refractivity contribution is 5.58. The van der Waals surface area contributed by atoms with Gasteiger partial charge < -0.3 is 9.26 Å². The van der Waals surface area contributed by atoms with Crippen molar-refractivity contribution in [1.29, 1.82) is 0 Å². The van der Waals surface area contributed by atoms with Crippen molar-refractivity contribution in [2.45, 2.75) is 45.8 Å². The van der Waals surface area contributed by atoms with Gasteiger partial charge in [0.1, 0.15) is 11.3 Å². The van der Waals surface area contributed by atoms with E-state index in [-0.39, 0.29) is 5.60 Å². The molecule has 0 N–H and O–H groups in total. The van der Waals surface area contributed by atoms with Gasteiger partial charge in [-0.1, -0.05) is 5.16 Å². The lowest BCUT2D eigenvalue weighted by molar-refractivity contribution is 0.0784. The van der Waals surface area contributed by atoms with Crippen LogP contribution in [0, 0.1) is 0 Å². The van der Waals surface area contributed by atoms with E-state index in [2.05, 4.69) is 34.1 Å². The topological polar surface area (TPSA) is 78.9 Å². The fourth-order valence-corrected chi connectivity index (χ4v) is 2.74. The first-order valence-electron chi connectivity index (χ1n) is 8.10. The molecule has 1 aliphatic rings. The Kier molecular flexibility index (Phi) is 3.37. The van der Waals surface area contributed by atoms with E-state index < -0.39 is 0 Å². The summed E-state index contributed by atoms with van der Waals surface area (Å²) in [5.74, 6) is 1.61. The zero-order valence-corrected chi connectivity index (χ0v) is 14.0. The second kappa shape index (κ2) is 5.43. The molecule has 1 aliphatic heterocycles. The fourth-order valence-electron chi connectivity index (χ4n) is 2.74. The van der Waals surface area contributed by atoms with E-state index in [9.17, 15) is 0 Å². The fraction of sp³-hybridized carbons (Fsp3) is 0.412. The van der Waals surface area contributed by atoms with Crippen LogP contribution in [0.2, 0.25) is 0 Å². The summed E-state index contributed by atoms with van der Waals surface area (Å²) in [6, 6.07) is 3.89. The molecule has 24 heavy (non-hydrogen) atoms. The third-order valence-electron chi connectivity index (χ3n) is 4.16. The molecule has 7 nitrogen and oxygen atoms in total. The molecule has 4 heterocycles. The molecule has 3 aromatic heterocycles. The van der Waals surface area contributed by atoms with E-state index in [1.54, 1.807) is 6.20 Å². The third-order valence-corrected chi connectivity index (χ3v) is 4.16. The summed E-state index contributed by atoms with van der Waals surface area (Å²) in [7, 11) is 0. The number of pyridine rings is 1. The molecule has 0 saturated carbocycles. The number of nitrogens with zero attached hydrogens (tertiary/aromatic N) is 5. The standard InChI is InChI=1S/C17H19N5O2/c1-4-22-8-6-13(20-22)14-19-16(24-21-14)12-9-11-5-7-17(2,3)23-15(11)18-10-12/h6,8-10H,4-5,7H2,1-3H3. The maximum atomic E-state index is 5.91.